The number of benzene rings is 2. The van der Waals surface area contributed by atoms with Crippen LogP contribution in [0.1, 0.15) is 12.8 Å². The zero-order valence-electron chi connectivity index (χ0n) is 17.1. The summed E-state index contributed by atoms with van der Waals surface area (Å²) in [6, 6.07) is 15.4. The standard InChI is InChI=1S/C22H24N8O/c23-21-27-22(28-30(21)20-15-24-18-5-1-2-6-19(18)26-20)25-16-7-9-17(10-8-16)31-14-13-29-11-3-4-12-29/h1-2,5-10,15H,3-4,11-14H2,(H3,23,25,27,28). The van der Waals surface area contributed by atoms with Crippen molar-refractivity contribution in [1.82, 2.24) is 29.6 Å². The summed E-state index contributed by atoms with van der Waals surface area (Å²) in [5.74, 6) is 1.97. The molecule has 4 aromatic rings. The highest BCUT2D eigenvalue weighted by Crippen LogP contribution is 2.20. The highest BCUT2D eigenvalue weighted by Gasteiger charge is 2.12. The van der Waals surface area contributed by atoms with E-state index in [1.54, 1.807) is 6.20 Å². The van der Waals surface area contributed by atoms with Gasteiger partial charge in [-0.3, -0.25) is 9.88 Å². The number of nitrogens with one attached hydrogen (secondary N) is 1. The normalized spacial score (nSPS) is 14.2. The predicted molar refractivity (Wildman–Crippen MR) is 120 cm³/mol. The van der Waals surface area contributed by atoms with E-state index in [0.717, 1.165) is 29.0 Å². The number of likely N-dealkylation sites (tertiary alicyclic amines) is 1. The molecule has 9 heteroatoms. The van der Waals surface area contributed by atoms with Gasteiger partial charge >= 0.3 is 0 Å². The van der Waals surface area contributed by atoms with Crippen molar-refractivity contribution in [3.63, 3.8) is 0 Å². The number of para-hydroxylation sites is 2. The maximum atomic E-state index is 6.06. The van der Waals surface area contributed by atoms with E-state index in [4.69, 9.17) is 10.5 Å². The largest absolute Gasteiger partial charge is 0.492 e. The Morgan fingerprint density at radius 2 is 1.74 bits per heavy atom. The predicted octanol–water partition coefficient (Wildman–Crippen LogP) is 3.01. The first-order chi connectivity index (χ1) is 15.2. The molecule has 3 heterocycles. The monoisotopic (exact) mass is 416 g/mol. The molecule has 1 fully saturated rings. The number of anilines is 3. The van der Waals surface area contributed by atoms with E-state index < -0.39 is 0 Å². The molecule has 0 saturated carbocycles. The highest BCUT2D eigenvalue weighted by molar-refractivity contribution is 5.74. The summed E-state index contributed by atoms with van der Waals surface area (Å²) in [7, 11) is 0. The van der Waals surface area contributed by atoms with Crippen LogP contribution in [0.2, 0.25) is 0 Å². The maximum absolute atomic E-state index is 6.06. The van der Waals surface area contributed by atoms with Crippen molar-refractivity contribution in [2.75, 3.05) is 37.3 Å². The molecular weight excluding hydrogens is 392 g/mol. The van der Waals surface area contributed by atoms with E-state index in [2.05, 4.69) is 30.3 Å². The molecule has 31 heavy (non-hydrogen) atoms. The quantitative estimate of drug-likeness (QED) is 0.473. The van der Waals surface area contributed by atoms with E-state index in [1.807, 2.05) is 48.5 Å². The van der Waals surface area contributed by atoms with Crippen LogP contribution in [0.3, 0.4) is 0 Å². The molecule has 0 atom stereocenters. The third-order valence-corrected chi connectivity index (χ3v) is 5.27. The topological polar surface area (TPSA) is 107 Å². The Morgan fingerprint density at radius 3 is 2.55 bits per heavy atom. The van der Waals surface area contributed by atoms with Crippen molar-refractivity contribution in [2.24, 2.45) is 0 Å². The maximum Gasteiger partial charge on any atom is 0.248 e. The SMILES string of the molecule is Nc1nc(Nc2ccc(OCCN3CCCC3)cc2)nn1-c1cnc2ccccc2n1. The number of rotatable bonds is 7. The van der Waals surface area contributed by atoms with Gasteiger partial charge in [0.1, 0.15) is 12.4 Å². The van der Waals surface area contributed by atoms with Gasteiger partial charge in [0.25, 0.3) is 0 Å². The Morgan fingerprint density at radius 1 is 0.968 bits per heavy atom. The molecule has 2 aromatic heterocycles. The summed E-state index contributed by atoms with van der Waals surface area (Å²) in [6.07, 6.45) is 4.22. The Kier molecular flexibility index (Phi) is 5.32. The minimum Gasteiger partial charge on any atom is -0.492 e. The van der Waals surface area contributed by atoms with Crippen LogP contribution in [0.25, 0.3) is 16.9 Å². The molecule has 1 aliphatic heterocycles. The first kappa shape index (κ1) is 19.3. The molecule has 0 aliphatic carbocycles. The number of nitrogen functional groups attached to an aromatic ring is 1. The summed E-state index contributed by atoms with van der Waals surface area (Å²) < 4.78 is 7.32. The van der Waals surface area contributed by atoms with E-state index in [1.165, 1.54) is 30.6 Å². The fraction of sp³-hybridized carbons (Fsp3) is 0.273. The number of nitrogens with zero attached hydrogens (tertiary/aromatic N) is 6. The second-order valence-electron chi connectivity index (χ2n) is 7.47. The third kappa shape index (κ3) is 4.41. The lowest BCUT2D eigenvalue weighted by atomic mass is 10.3. The minimum atomic E-state index is 0.231. The van der Waals surface area contributed by atoms with Gasteiger partial charge in [0, 0.05) is 12.2 Å². The molecular formula is C22H24N8O. The molecule has 3 N–H and O–H groups in total. The van der Waals surface area contributed by atoms with Crippen LogP contribution in [0.15, 0.2) is 54.7 Å². The molecule has 5 rings (SSSR count). The Bertz CT molecular complexity index is 1170. The van der Waals surface area contributed by atoms with Crippen LogP contribution in [0.5, 0.6) is 5.75 Å². The van der Waals surface area contributed by atoms with Crippen LogP contribution >= 0.6 is 0 Å². The summed E-state index contributed by atoms with van der Waals surface area (Å²) in [4.78, 5) is 15.7. The molecule has 9 nitrogen and oxygen atoms in total. The lowest BCUT2D eigenvalue weighted by molar-refractivity contribution is 0.238. The first-order valence-electron chi connectivity index (χ1n) is 10.4. The van der Waals surface area contributed by atoms with Gasteiger partial charge in [0.15, 0.2) is 5.82 Å². The lowest BCUT2D eigenvalue weighted by Gasteiger charge is -2.15. The average Bonchev–Trinajstić information content (AvgIpc) is 3.44. The van der Waals surface area contributed by atoms with Crippen LogP contribution in [0.4, 0.5) is 17.6 Å². The lowest BCUT2D eigenvalue weighted by Crippen LogP contribution is -2.25. The number of ether oxygens (including phenoxy) is 1. The van der Waals surface area contributed by atoms with Crippen molar-refractivity contribution in [1.29, 1.82) is 0 Å². The molecule has 1 saturated heterocycles. The Hall–Kier alpha value is -3.72. The van der Waals surface area contributed by atoms with Crippen LogP contribution in [-0.2, 0) is 0 Å². The van der Waals surface area contributed by atoms with E-state index in [-0.39, 0.29) is 5.95 Å². The average molecular weight is 416 g/mol. The van der Waals surface area contributed by atoms with Gasteiger partial charge in [-0.15, -0.1) is 5.10 Å². The minimum absolute atomic E-state index is 0.231. The van der Waals surface area contributed by atoms with Crippen molar-refractivity contribution < 1.29 is 4.74 Å². The van der Waals surface area contributed by atoms with Gasteiger partial charge in [0.2, 0.25) is 11.9 Å². The highest BCUT2D eigenvalue weighted by atomic mass is 16.5. The molecule has 1 aliphatic rings. The number of fused-ring (bicyclic) bond motifs is 1. The van der Waals surface area contributed by atoms with Gasteiger partial charge in [0.05, 0.1) is 17.2 Å². The first-order valence-corrected chi connectivity index (χ1v) is 10.4. The van der Waals surface area contributed by atoms with E-state index >= 15 is 0 Å². The summed E-state index contributed by atoms with van der Waals surface area (Å²) in [6.45, 7) is 4.03. The molecule has 2 aromatic carbocycles. The zero-order chi connectivity index (χ0) is 21.0. The Labute approximate surface area is 179 Å². The van der Waals surface area contributed by atoms with Gasteiger partial charge in [-0.25, -0.2) is 4.98 Å². The number of hydrogen-bond acceptors (Lipinski definition) is 8. The summed E-state index contributed by atoms with van der Waals surface area (Å²) in [5, 5.41) is 7.59. The van der Waals surface area contributed by atoms with Crippen molar-refractivity contribution in [3.05, 3.63) is 54.7 Å². The molecule has 0 spiro atoms. The number of nitrogens with two attached hydrogens (primary N) is 1. The van der Waals surface area contributed by atoms with Crippen molar-refractivity contribution >= 4 is 28.6 Å². The zero-order valence-corrected chi connectivity index (χ0v) is 17.1. The van der Waals surface area contributed by atoms with Crippen molar-refractivity contribution in [3.8, 4) is 11.6 Å². The second kappa shape index (κ2) is 8.57. The van der Waals surface area contributed by atoms with Crippen LogP contribution in [0, 0.1) is 0 Å². The second-order valence-corrected chi connectivity index (χ2v) is 7.47. The summed E-state index contributed by atoms with van der Waals surface area (Å²) in [5.41, 5.74) is 8.48. The van der Waals surface area contributed by atoms with E-state index in [9.17, 15) is 0 Å². The van der Waals surface area contributed by atoms with Crippen LogP contribution in [-0.4, -0.2) is 55.9 Å². The van der Waals surface area contributed by atoms with Crippen molar-refractivity contribution in [2.45, 2.75) is 12.8 Å². The molecule has 0 amide bonds. The van der Waals surface area contributed by atoms with Gasteiger partial charge in [-0.05, 0) is 62.3 Å². The molecule has 0 radical (unpaired) electrons. The third-order valence-electron chi connectivity index (χ3n) is 5.27. The van der Waals surface area contributed by atoms with Crippen LogP contribution < -0.4 is 15.8 Å². The van der Waals surface area contributed by atoms with Gasteiger partial charge in [-0.2, -0.15) is 9.67 Å². The Balaban J connectivity index is 1.24. The smallest absolute Gasteiger partial charge is 0.248 e. The van der Waals surface area contributed by atoms with E-state index in [0.29, 0.717) is 18.4 Å². The fourth-order valence-corrected chi connectivity index (χ4v) is 3.66. The van der Waals surface area contributed by atoms with Gasteiger partial charge in [-0.1, -0.05) is 12.1 Å². The number of aromatic nitrogens is 5. The molecule has 0 unspecified atom stereocenters. The molecule has 158 valence electrons. The molecule has 0 bridgehead atoms. The number of hydrogen-bond donors (Lipinski definition) is 2. The van der Waals surface area contributed by atoms with Gasteiger partial charge < -0.3 is 15.8 Å². The summed E-state index contributed by atoms with van der Waals surface area (Å²) >= 11 is 0. The fourth-order valence-electron chi connectivity index (χ4n) is 3.66.